The summed E-state index contributed by atoms with van der Waals surface area (Å²) in [6, 6.07) is 13.8. The zero-order valence-corrected chi connectivity index (χ0v) is 23.1. The van der Waals surface area contributed by atoms with Crippen molar-refractivity contribution >= 4 is 9.84 Å². The van der Waals surface area contributed by atoms with Gasteiger partial charge in [-0.1, -0.05) is 12.1 Å². The minimum Gasteiger partial charge on any atom is -0.497 e. The van der Waals surface area contributed by atoms with E-state index in [1.807, 2.05) is 16.8 Å². The Hall–Kier alpha value is -2.76. The van der Waals surface area contributed by atoms with Gasteiger partial charge < -0.3 is 14.2 Å². The average Bonchev–Trinajstić information content (AvgIpc) is 3.60. The number of aromatic nitrogens is 2. The minimum absolute atomic E-state index is 0.00752. The van der Waals surface area contributed by atoms with Crippen LogP contribution >= 0.6 is 0 Å². The number of rotatable bonds is 6. The van der Waals surface area contributed by atoms with E-state index in [1.54, 1.807) is 13.2 Å². The maximum absolute atomic E-state index is 13.5. The zero-order valence-electron chi connectivity index (χ0n) is 22.3. The van der Waals surface area contributed by atoms with E-state index in [4.69, 9.17) is 19.3 Å². The number of nitrogens with zero attached hydrogens (tertiary/aromatic N) is 4. The third-order valence-corrected chi connectivity index (χ3v) is 10.1. The number of methoxy groups -OCH3 is 1. The minimum atomic E-state index is -3.55. The molecule has 1 spiro atoms. The second kappa shape index (κ2) is 9.71. The van der Waals surface area contributed by atoms with Gasteiger partial charge >= 0.3 is 0 Å². The fourth-order valence-corrected chi connectivity index (χ4v) is 7.69. The summed E-state index contributed by atoms with van der Waals surface area (Å²) in [6.07, 6.45) is 2.19. The van der Waals surface area contributed by atoms with Gasteiger partial charge in [-0.15, -0.1) is 0 Å². The monoisotopic (exact) mass is 550 g/mol. The Balaban J connectivity index is 1.28. The van der Waals surface area contributed by atoms with Crippen LogP contribution in [0.3, 0.4) is 0 Å². The standard InChI is InChI=1S/C29H34N4O5S/c1-36-23-6-7-24-27(16-23)39(34,35)19-25-26(18-32-12-15-38-29(20-32)8-9-29)30-33(28(24)25)22-4-2-21(3-5-22)17-31-10-13-37-14-11-31/h2-7,16H,8-15,17-20H2,1H3. The third-order valence-electron chi connectivity index (χ3n) is 8.38. The molecule has 4 aliphatic rings. The molecule has 0 N–H and O–H groups in total. The summed E-state index contributed by atoms with van der Waals surface area (Å²) in [5, 5.41) is 5.09. The predicted octanol–water partition coefficient (Wildman–Crippen LogP) is 3.03. The lowest BCUT2D eigenvalue weighted by molar-refractivity contribution is -0.0490. The maximum Gasteiger partial charge on any atom is 0.183 e. The summed E-state index contributed by atoms with van der Waals surface area (Å²) in [4.78, 5) is 5.07. The van der Waals surface area contributed by atoms with E-state index in [0.29, 0.717) is 29.4 Å². The Morgan fingerprint density at radius 2 is 1.74 bits per heavy atom. The van der Waals surface area contributed by atoms with E-state index < -0.39 is 9.84 Å². The lowest BCUT2D eigenvalue weighted by Crippen LogP contribution is -2.43. The molecule has 0 bridgehead atoms. The molecule has 9 nitrogen and oxygen atoms in total. The number of hydrogen-bond acceptors (Lipinski definition) is 8. The molecule has 1 aliphatic carbocycles. The number of sulfone groups is 1. The molecule has 2 aromatic carbocycles. The van der Waals surface area contributed by atoms with Crippen molar-refractivity contribution in [1.82, 2.24) is 19.6 Å². The molecule has 0 atom stereocenters. The van der Waals surface area contributed by atoms with E-state index >= 15 is 0 Å². The number of morpholine rings is 2. The molecule has 3 aliphatic heterocycles. The molecule has 0 unspecified atom stereocenters. The van der Waals surface area contributed by atoms with Crippen LogP contribution in [0.25, 0.3) is 16.9 Å². The zero-order chi connectivity index (χ0) is 26.6. The van der Waals surface area contributed by atoms with Crippen molar-refractivity contribution in [2.24, 2.45) is 0 Å². The van der Waals surface area contributed by atoms with Crippen molar-refractivity contribution in [2.75, 3.05) is 53.1 Å². The topological polar surface area (TPSA) is 86.1 Å². The second-order valence-corrected chi connectivity index (χ2v) is 13.1. The Kier molecular flexibility index (Phi) is 6.28. The Labute approximate surface area is 229 Å². The van der Waals surface area contributed by atoms with Crippen molar-refractivity contribution < 1.29 is 22.6 Å². The summed E-state index contributed by atoms with van der Waals surface area (Å²) in [6.45, 7) is 7.31. The lowest BCUT2D eigenvalue weighted by Gasteiger charge is -2.33. The molecular formula is C29H34N4O5S. The van der Waals surface area contributed by atoms with Crippen LogP contribution in [0.2, 0.25) is 0 Å². The summed E-state index contributed by atoms with van der Waals surface area (Å²) >= 11 is 0. The van der Waals surface area contributed by atoms with Gasteiger partial charge in [0.15, 0.2) is 9.84 Å². The van der Waals surface area contributed by atoms with Gasteiger partial charge in [0.25, 0.3) is 0 Å². The van der Waals surface area contributed by atoms with E-state index in [9.17, 15) is 8.42 Å². The molecular weight excluding hydrogens is 516 g/mol. The van der Waals surface area contributed by atoms with Gasteiger partial charge in [-0.2, -0.15) is 5.10 Å². The van der Waals surface area contributed by atoms with Crippen molar-refractivity contribution in [1.29, 1.82) is 0 Å². The van der Waals surface area contributed by atoms with E-state index in [2.05, 4.69) is 34.1 Å². The summed E-state index contributed by atoms with van der Waals surface area (Å²) < 4.78 is 45.8. The third kappa shape index (κ3) is 4.78. The number of benzene rings is 2. The first-order valence-corrected chi connectivity index (χ1v) is 15.4. The van der Waals surface area contributed by atoms with E-state index in [-0.39, 0.29) is 11.4 Å². The number of fused-ring (bicyclic) bond motifs is 3. The SMILES string of the molecule is COc1ccc2c(c1)S(=O)(=O)Cc1c(CN3CCOC4(CC4)C3)nn(-c3ccc(CN4CCOCC4)cc3)c1-2. The smallest absolute Gasteiger partial charge is 0.183 e. The van der Waals surface area contributed by atoms with Crippen LogP contribution in [0.15, 0.2) is 47.4 Å². The Morgan fingerprint density at radius 3 is 2.49 bits per heavy atom. The molecule has 7 rings (SSSR count). The second-order valence-electron chi connectivity index (χ2n) is 11.1. The van der Waals surface area contributed by atoms with Crippen LogP contribution in [0.4, 0.5) is 0 Å². The molecule has 3 aromatic rings. The number of hydrogen-bond donors (Lipinski definition) is 0. The van der Waals surface area contributed by atoms with Crippen molar-refractivity contribution in [3.63, 3.8) is 0 Å². The van der Waals surface area contributed by atoms with Gasteiger partial charge in [-0.05, 0) is 48.7 Å². The maximum atomic E-state index is 13.5. The normalized spacial score (nSPS) is 21.9. The van der Waals surface area contributed by atoms with Crippen LogP contribution in [-0.2, 0) is 38.2 Å². The predicted molar refractivity (Wildman–Crippen MR) is 146 cm³/mol. The van der Waals surface area contributed by atoms with Crippen LogP contribution in [-0.4, -0.2) is 86.7 Å². The van der Waals surface area contributed by atoms with E-state index in [0.717, 1.165) is 81.4 Å². The van der Waals surface area contributed by atoms with Crippen molar-refractivity contribution in [2.45, 2.75) is 42.2 Å². The van der Waals surface area contributed by atoms with Gasteiger partial charge in [-0.3, -0.25) is 9.80 Å². The van der Waals surface area contributed by atoms with Crippen LogP contribution in [0.5, 0.6) is 5.75 Å². The van der Waals surface area contributed by atoms with Gasteiger partial charge in [0.05, 0.1) is 60.3 Å². The summed E-state index contributed by atoms with van der Waals surface area (Å²) in [5.74, 6) is 0.463. The Bertz CT molecular complexity index is 1490. The first-order valence-electron chi connectivity index (χ1n) is 13.7. The average molecular weight is 551 g/mol. The van der Waals surface area contributed by atoms with Crippen molar-refractivity contribution in [3.05, 3.63) is 59.3 Å². The molecule has 1 aromatic heterocycles. The molecule has 39 heavy (non-hydrogen) atoms. The van der Waals surface area contributed by atoms with Crippen LogP contribution in [0, 0.1) is 0 Å². The molecule has 1 saturated carbocycles. The first-order chi connectivity index (χ1) is 18.9. The van der Waals surface area contributed by atoms with E-state index in [1.165, 1.54) is 5.56 Å². The summed E-state index contributed by atoms with van der Waals surface area (Å²) in [7, 11) is -1.99. The molecule has 0 amide bonds. The molecule has 4 heterocycles. The highest BCUT2D eigenvalue weighted by molar-refractivity contribution is 7.90. The fourth-order valence-electron chi connectivity index (χ4n) is 6.06. The van der Waals surface area contributed by atoms with Gasteiger partial charge in [0.2, 0.25) is 0 Å². The molecule has 206 valence electrons. The van der Waals surface area contributed by atoms with Gasteiger partial charge in [0, 0.05) is 50.4 Å². The van der Waals surface area contributed by atoms with Gasteiger partial charge in [0.1, 0.15) is 5.75 Å². The molecule has 10 heteroatoms. The largest absolute Gasteiger partial charge is 0.497 e. The highest BCUT2D eigenvalue weighted by Crippen LogP contribution is 2.44. The van der Waals surface area contributed by atoms with Crippen LogP contribution < -0.4 is 4.74 Å². The summed E-state index contributed by atoms with van der Waals surface area (Å²) in [5.41, 5.74) is 5.29. The highest BCUT2D eigenvalue weighted by Gasteiger charge is 2.47. The van der Waals surface area contributed by atoms with Gasteiger partial charge in [-0.25, -0.2) is 13.1 Å². The quantitative estimate of drug-likeness (QED) is 0.463. The first kappa shape index (κ1) is 25.2. The highest BCUT2D eigenvalue weighted by atomic mass is 32.2. The Morgan fingerprint density at radius 1 is 0.974 bits per heavy atom. The molecule has 2 saturated heterocycles. The fraction of sp³-hybridized carbons (Fsp3) is 0.483. The number of ether oxygens (including phenoxy) is 3. The van der Waals surface area contributed by atoms with Crippen LogP contribution in [0.1, 0.15) is 29.7 Å². The van der Waals surface area contributed by atoms with Crippen molar-refractivity contribution in [3.8, 4) is 22.7 Å². The molecule has 3 fully saturated rings. The molecule has 0 radical (unpaired) electrons. The lowest BCUT2D eigenvalue weighted by atomic mass is 10.0.